The topological polar surface area (TPSA) is 15.3 Å². The molecule has 2 heteroatoms. The highest BCUT2D eigenvalue weighted by molar-refractivity contribution is 4.86. The van der Waals surface area contributed by atoms with E-state index >= 15 is 0 Å². The van der Waals surface area contributed by atoms with Crippen LogP contribution in [0.15, 0.2) is 0 Å². The highest BCUT2D eigenvalue weighted by Gasteiger charge is 2.32. The molecule has 2 nitrogen and oxygen atoms in total. The average Bonchev–Trinajstić information content (AvgIpc) is 2.40. The predicted octanol–water partition coefficient (Wildman–Crippen LogP) is 3.34. The number of piperidine rings is 1. The van der Waals surface area contributed by atoms with Gasteiger partial charge in [-0.3, -0.25) is 5.43 Å². The second-order valence-electron chi connectivity index (χ2n) is 6.49. The lowest BCUT2D eigenvalue weighted by Gasteiger charge is -2.41. The van der Waals surface area contributed by atoms with Crippen LogP contribution in [0.5, 0.6) is 0 Å². The van der Waals surface area contributed by atoms with Gasteiger partial charge in [-0.2, -0.15) is 0 Å². The summed E-state index contributed by atoms with van der Waals surface area (Å²) in [5.41, 5.74) is 3.82. The minimum atomic E-state index is 0.799. The van der Waals surface area contributed by atoms with Crippen molar-refractivity contribution in [3.8, 4) is 0 Å². The zero-order valence-corrected chi connectivity index (χ0v) is 11.2. The van der Waals surface area contributed by atoms with Gasteiger partial charge in [0.25, 0.3) is 0 Å². The molecule has 1 heterocycles. The quantitative estimate of drug-likeness (QED) is 0.791. The molecular formula is C15H28N2. The molecule has 3 aliphatic rings. The van der Waals surface area contributed by atoms with Crippen LogP contribution >= 0.6 is 0 Å². The van der Waals surface area contributed by atoms with Gasteiger partial charge in [-0.25, -0.2) is 5.01 Å². The van der Waals surface area contributed by atoms with E-state index < -0.39 is 0 Å². The molecule has 0 bridgehead atoms. The molecule has 0 amide bonds. The Bertz CT molecular complexity index is 233. The molecule has 2 aliphatic carbocycles. The van der Waals surface area contributed by atoms with Crippen LogP contribution in [-0.4, -0.2) is 24.1 Å². The normalized spacial score (nSPS) is 39.9. The summed E-state index contributed by atoms with van der Waals surface area (Å²) in [5, 5.41) is 2.51. The molecule has 0 radical (unpaired) electrons. The molecule has 0 spiro atoms. The van der Waals surface area contributed by atoms with E-state index in [1.807, 2.05) is 0 Å². The highest BCUT2D eigenvalue weighted by Crippen LogP contribution is 2.40. The van der Waals surface area contributed by atoms with Crippen molar-refractivity contribution in [2.45, 2.75) is 70.3 Å². The Morgan fingerprint density at radius 2 is 1.47 bits per heavy atom. The Labute approximate surface area is 106 Å². The van der Waals surface area contributed by atoms with Crippen molar-refractivity contribution in [2.75, 3.05) is 13.1 Å². The fraction of sp³-hybridized carbons (Fsp3) is 1.00. The fourth-order valence-corrected chi connectivity index (χ4v) is 4.27. The largest absolute Gasteiger partial charge is 0.252 e. The van der Waals surface area contributed by atoms with Crippen LogP contribution in [0.3, 0.4) is 0 Å². The second kappa shape index (κ2) is 5.71. The van der Waals surface area contributed by atoms with Crippen molar-refractivity contribution in [1.82, 2.24) is 10.4 Å². The summed E-state index contributed by atoms with van der Waals surface area (Å²) < 4.78 is 0. The molecule has 0 aromatic rings. The Morgan fingerprint density at radius 1 is 0.706 bits per heavy atom. The first-order valence-electron chi connectivity index (χ1n) is 7.93. The molecule has 0 aromatic heterocycles. The molecule has 3 atom stereocenters. The molecule has 98 valence electrons. The van der Waals surface area contributed by atoms with Crippen LogP contribution in [0.2, 0.25) is 0 Å². The average molecular weight is 236 g/mol. The van der Waals surface area contributed by atoms with Crippen molar-refractivity contribution in [2.24, 2.45) is 11.8 Å². The molecule has 1 aliphatic heterocycles. The van der Waals surface area contributed by atoms with E-state index in [-0.39, 0.29) is 0 Å². The summed E-state index contributed by atoms with van der Waals surface area (Å²) in [7, 11) is 0. The minimum absolute atomic E-state index is 0.799. The number of nitrogens with zero attached hydrogens (tertiary/aromatic N) is 1. The molecule has 1 saturated heterocycles. The Kier molecular flexibility index (Phi) is 4.02. The van der Waals surface area contributed by atoms with Gasteiger partial charge < -0.3 is 0 Å². The molecule has 2 saturated carbocycles. The summed E-state index contributed by atoms with van der Waals surface area (Å²) in [6.07, 6.45) is 14.7. The van der Waals surface area contributed by atoms with Crippen molar-refractivity contribution in [3.05, 3.63) is 0 Å². The van der Waals surface area contributed by atoms with E-state index in [1.54, 1.807) is 0 Å². The first kappa shape index (κ1) is 12.0. The Balaban J connectivity index is 1.48. The summed E-state index contributed by atoms with van der Waals surface area (Å²) in [5.74, 6) is 2.14. The lowest BCUT2D eigenvalue weighted by atomic mass is 9.69. The van der Waals surface area contributed by atoms with Crippen molar-refractivity contribution in [3.63, 3.8) is 0 Å². The Morgan fingerprint density at radius 3 is 2.29 bits per heavy atom. The van der Waals surface area contributed by atoms with E-state index in [1.165, 1.54) is 77.3 Å². The van der Waals surface area contributed by atoms with Gasteiger partial charge in [-0.1, -0.05) is 32.1 Å². The van der Waals surface area contributed by atoms with Crippen LogP contribution < -0.4 is 5.43 Å². The summed E-state index contributed by atoms with van der Waals surface area (Å²) in [6, 6.07) is 0.799. The van der Waals surface area contributed by atoms with Crippen LogP contribution in [0.4, 0.5) is 0 Å². The van der Waals surface area contributed by atoms with Crippen LogP contribution in [0.25, 0.3) is 0 Å². The molecule has 3 rings (SSSR count). The lowest BCUT2D eigenvalue weighted by molar-refractivity contribution is 0.0726. The van der Waals surface area contributed by atoms with Gasteiger partial charge in [-0.15, -0.1) is 0 Å². The van der Waals surface area contributed by atoms with Gasteiger partial charge in [0, 0.05) is 19.1 Å². The van der Waals surface area contributed by atoms with Gasteiger partial charge in [0.05, 0.1) is 0 Å². The molecular weight excluding hydrogens is 208 g/mol. The van der Waals surface area contributed by atoms with Crippen LogP contribution in [0, 0.1) is 11.8 Å². The first-order valence-corrected chi connectivity index (χ1v) is 7.93. The number of nitrogens with one attached hydrogen (secondary N) is 1. The number of hydrogen-bond acceptors (Lipinski definition) is 2. The highest BCUT2D eigenvalue weighted by atomic mass is 15.5. The van der Waals surface area contributed by atoms with Crippen LogP contribution in [-0.2, 0) is 0 Å². The van der Waals surface area contributed by atoms with Gasteiger partial charge in [0.1, 0.15) is 0 Å². The first-order chi connectivity index (χ1) is 8.42. The van der Waals surface area contributed by atoms with Gasteiger partial charge in [0.2, 0.25) is 0 Å². The third-order valence-corrected chi connectivity index (χ3v) is 5.26. The van der Waals surface area contributed by atoms with Gasteiger partial charge in [-0.05, 0) is 43.9 Å². The van der Waals surface area contributed by atoms with E-state index in [0.29, 0.717) is 0 Å². The number of hydrazine groups is 1. The SMILES string of the molecule is C1CCN(NC2CCC3CCCCC3C2)CC1. The number of fused-ring (bicyclic) bond motifs is 1. The van der Waals surface area contributed by atoms with E-state index in [0.717, 1.165) is 17.9 Å². The zero-order valence-electron chi connectivity index (χ0n) is 11.2. The molecule has 0 aromatic carbocycles. The van der Waals surface area contributed by atoms with Crippen molar-refractivity contribution in [1.29, 1.82) is 0 Å². The summed E-state index contributed by atoms with van der Waals surface area (Å²) >= 11 is 0. The van der Waals surface area contributed by atoms with Crippen molar-refractivity contribution >= 4 is 0 Å². The van der Waals surface area contributed by atoms with Crippen molar-refractivity contribution < 1.29 is 0 Å². The lowest BCUT2D eigenvalue weighted by Crippen LogP contribution is -2.49. The van der Waals surface area contributed by atoms with Gasteiger partial charge in [0.15, 0.2) is 0 Å². The maximum atomic E-state index is 3.82. The van der Waals surface area contributed by atoms with E-state index in [4.69, 9.17) is 0 Å². The number of hydrogen-bond donors (Lipinski definition) is 1. The standard InChI is InChI=1S/C15H28N2/c1-4-10-17(11-5-1)16-15-9-8-13-6-2-3-7-14(13)12-15/h13-16H,1-12H2. The Hall–Kier alpha value is -0.0800. The van der Waals surface area contributed by atoms with Crippen LogP contribution in [0.1, 0.15) is 64.2 Å². The summed E-state index contributed by atoms with van der Waals surface area (Å²) in [4.78, 5) is 0. The molecule has 3 unspecified atom stereocenters. The molecule has 3 fully saturated rings. The monoisotopic (exact) mass is 236 g/mol. The third kappa shape index (κ3) is 3.03. The van der Waals surface area contributed by atoms with Gasteiger partial charge >= 0.3 is 0 Å². The smallest absolute Gasteiger partial charge is 0.0218 e. The minimum Gasteiger partial charge on any atom is -0.252 e. The third-order valence-electron chi connectivity index (χ3n) is 5.26. The maximum Gasteiger partial charge on any atom is 0.0218 e. The second-order valence-corrected chi connectivity index (χ2v) is 6.49. The summed E-state index contributed by atoms with van der Waals surface area (Å²) in [6.45, 7) is 2.56. The molecule has 17 heavy (non-hydrogen) atoms. The number of rotatable bonds is 2. The molecule has 1 N–H and O–H groups in total. The fourth-order valence-electron chi connectivity index (χ4n) is 4.27. The zero-order chi connectivity index (χ0) is 11.5. The van der Waals surface area contributed by atoms with E-state index in [2.05, 4.69) is 10.4 Å². The maximum absolute atomic E-state index is 3.82. The predicted molar refractivity (Wildman–Crippen MR) is 71.6 cm³/mol. The van der Waals surface area contributed by atoms with E-state index in [9.17, 15) is 0 Å².